The standard InChI is InChI=1S/C11H12Cl2N2O4/c12-5-1-6(11(19)7(13)2-5)8(3-10(17)18)15-9(16)4-14/h1-2,8,19H,3-4,14H2,(H,15,16)(H,17,18). The number of aliphatic carboxylic acids is 1. The zero-order valence-corrected chi connectivity index (χ0v) is 11.2. The summed E-state index contributed by atoms with van der Waals surface area (Å²) in [5, 5.41) is 21.2. The Bertz CT molecular complexity index is 508. The van der Waals surface area contributed by atoms with Gasteiger partial charge in [0.05, 0.1) is 24.0 Å². The van der Waals surface area contributed by atoms with Gasteiger partial charge in [0.2, 0.25) is 5.91 Å². The summed E-state index contributed by atoms with van der Waals surface area (Å²) in [4.78, 5) is 22.1. The van der Waals surface area contributed by atoms with Crippen molar-refractivity contribution in [1.82, 2.24) is 5.32 Å². The van der Waals surface area contributed by atoms with Crippen molar-refractivity contribution < 1.29 is 19.8 Å². The predicted molar refractivity (Wildman–Crippen MR) is 70.3 cm³/mol. The molecule has 0 saturated heterocycles. The first kappa shape index (κ1) is 15.6. The van der Waals surface area contributed by atoms with E-state index in [2.05, 4.69) is 5.32 Å². The SMILES string of the molecule is NCC(=O)NC(CC(=O)O)c1cc(Cl)cc(Cl)c1O. The number of amides is 1. The van der Waals surface area contributed by atoms with Gasteiger partial charge in [-0.25, -0.2) is 0 Å². The molecule has 8 heteroatoms. The van der Waals surface area contributed by atoms with Crippen LogP contribution in [0.3, 0.4) is 0 Å². The maximum Gasteiger partial charge on any atom is 0.305 e. The van der Waals surface area contributed by atoms with Gasteiger partial charge in [0.25, 0.3) is 0 Å². The minimum absolute atomic E-state index is 0.0279. The molecule has 1 unspecified atom stereocenters. The van der Waals surface area contributed by atoms with Gasteiger partial charge in [-0.05, 0) is 12.1 Å². The highest BCUT2D eigenvalue weighted by Crippen LogP contribution is 2.35. The molecule has 0 spiro atoms. The number of carboxylic acids is 1. The number of phenolic OH excluding ortho intramolecular Hbond substituents is 1. The second kappa shape index (κ2) is 6.60. The van der Waals surface area contributed by atoms with E-state index in [1.54, 1.807) is 0 Å². The lowest BCUT2D eigenvalue weighted by atomic mass is 10.0. The van der Waals surface area contributed by atoms with Crippen LogP contribution in [0.4, 0.5) is 0 Å². The summed E-state index contributed by atoms with van der Waals surface area (Å²) in [6, 6.07) is 1.68. The summed E-state index contributed by atoms with van der Waals surface area (Å²) in [6.45, 7) is -0.300. The van der Waals surface area contributed by atoms with Crippen LogP contribution in [-0.4, -0.2) is 28.6 Å². The van der Waals surface area contributed by atoms with Crippen molar-refractivity contribution >= 4 is 35.1 Å². The molecule has 19 heavy (non-hydrogen) atoms. The van der Waals surface area contributed by atoms with Crippen molar-refractivity contribution in [2.24, 2.45) is 5.73 Å². The molecular formula is C11H12Cl2N2O4. The Morgan fingerprint density at radius 2 is 2.00 bits per heavy atom. The van der Waals surface area contributed by atoms with E-state index in [4.69, 9.17) is 34.0 Å². The summed E-state index contributed by atoms with van der Waals surface area (Å²) in [5.41, 5.74) is 5.28. The third-order valence-corrected chi connectivity index (χ3v) is 2.84. The van der Waals surface area contributed by atoms with Crippen LogP contribution in [0.2, 0.25) is 10.0 Å². The number of hydrogen-bond donors (Lipinski definition) is 4. The Morgan fingerprint density at radius 1 is 1.37 bits per heavy atom. The van der Waals surface area contributed by atoms with Gasteiger partial charge >= 0.3 is 5.97 Å². The molecule has 1 aromatic carbocycles. The number of nitrogens with one attached hydrogen (secondary N) is 1. The number of carbonyl (C=O) groups excluding carboxylic acids is 1. The van der Waals surface area contributed by atoms with E-state index in [1.165, 1.54) is 12.1 Å². The molecule has 0 bridgehead atoms. The second-order valence-electron chi connectivity index (χ2n) is 3.75. The fourth-order valence-electron chi connectivity index (χ4n) is 1.52. The predicted octanol–water partition coefficient (Wildman–Crippen LogP) is 1.29. The van der Waals surface area contributed by atoms with Crippen LogP contribution in [0, 0.1) is 0 Å². The molecule has 0 aliphatic carbocycles. The molecule has 6 nitrogen and oxygen atoms in total. The maximum atomic E-state index is 11.3. The highest BCUT2D eigenvalue weighted by Gasteiger charge is 2.22. The monoisotopic (exact) mass is 306 g/mol. The maximum absolute atomic E-state index is 11.3. The highest BCUT2D eigenvalue weighted by atomic mass is 35.5. The Labute approximate surface area is 119 Å². The van der Waals surface area contributed by atoms with E-state index in [0.29, 0.717) is 0 Å². The van der Waals surface area contributed by atoms with Crippen LogP contribution in [0.5, 0.6) is 5.75 Å². The number of phenols is 1. The minimum atomic E-state index is -1.15. The number of nitrogens with two attached hydrogens (primary N) is 1. The van der Waals surface area contributed by atoms with Crippen molar-refractivity contribution in [3.05, 3.63) is 27.7 Å². The lowest BCUT2D eigenvalue weighted by Crippen LogP contribution is -2.34. The first-order valence-electron chi connectivity index (χ1n) is 5.24. The molecule has 0 fully saturated rings. The normalized spacial score (nSPS) is 11.9. The highest BCUT2D eigenvalue weighted by molar-refractivity contribution is 6.35. The van der Waals surface area contributed by atoms with E-state index in [-0.39, 0.29) is 27.9 Å². The van der Waals surface area contributed by atoms with E-state index >= 15 is 0 Å². The van der Waals surface area contributed by atoms with Crippen molar-refractivity contribution in [3.8, 4) is 5.75 Å². The molecule has 0 heterocycles. The van der Waals surface area contributed by atoms with E-state index in [1.807, 2.05) is 0 Å². The van der Waals surface area contributed by atoms with Crippen molar-refractivity contribution in [3.63, 3.8) is 0 Å². The van der Waals surface area contributed by atoms with E-state index < -0.39 is 24.3 Å². The van der Waals surface area contributed by atoms with Gasteiger partial charge in [0.15, 0.2) is 0 Å². The second-order valence-corrected chi connectivity index (χ2v) is 4.59. The van der Waals surface area contributed by atoms with Crippen LogP contribution >= 0.6 is 23.2 Å². The van der Waals surface area contributed by atoms with Crippen LogP contribution in [0.15, 0.2) is 12.1 Å². The van der Waals surface area contributed by atoms with Crippen LogP contribution in [0.25, 0.3) is 0 Å². The van der Waals surface area contributed by atoms with Gasteiger partial charge in [0.1, 0.15) is 5.75 Å². The number of hydrogen-bond acceptors (Lipinski definition) is 4. The summed E-state index contributed by atoms with van der Waals surface area (Å²) in [6.07, 6.45) is -0.435. The van der Waals surface area contributed by atoms with Gasteiger partial charge in [-0.2, -0.15) is 0 Å². The molecule has 0 radical (unpaired) electrons. The quantitative estimate of drug-likeness (QED) is 0.655. The fraction of sp³-hybridized carbons (Fsp3) is 0.273. The molecule has 0 aliphatic rings. The molecular weight excluding hydrogens is 295 g/mol. The zero-order chi connectivity index (χ0) is 14.6. The first-order chi connectivity index (χ1) is 8.85. The molecule has 0 saturated carbocycles. The van der Waals surface area contributed by atoms with Gasteiger partial charge in [0, 0.05) is 10.6 Å². The molecule has 1 amide bonds. The van der Waals surface area contributed by atoms with Gasteiger partial charge in [-0.3, -0.25) is 9.59 Å². The van der Waals surface area contributed by atoms with Gasteiger partial charge in [-0.1, -0.05) is 23.2 Å². The van der Waals surface area contributed by atoms with Crippen molar-refractivity contribution in [2.45, 2.75) is 12.5 Å². The van der Waals surface area contributed by atoms with Gasteiger partial charge < -0.3 is 21.3 Å². The molecule has 0 aliphatic heterocycles. The number of halogens is 2. The van der Waals surface area contributed by atoms with E-state index in [0.717, 1.165) is 0 Å². The summed E-state index contributed by atoms with van der Waals surface area (Å²) in [7, 11) is 0. The Morgan fingerprint density at radius 3 is 2.53 bits per heavy atom. The third kappa shape index (κ3) is 4.27. The third-order valence-electron chi connectivity index (χ3n) is 2.33. The smallest absolute Gasteiger partial charge is 0.305 e. The number of carbonyl (C=O) groups is 2. The van der Waals surface area contributed by atoms with Crippen LogP contribution in [0.1, 0.15) is 18.0 Å². The Balaban J connectivity index is 3.16. The Kier molecular flexibility index (Phi) is 5.41. The van der Waals surface area contributed by atoms with Crippen molar-refractivity contribution in [2.75, 3.05) is 6.54 Å². The largest absolute Gasteiger partial charge is 0.506 e. The number of aromatic hydroxyl groups is 1. The molecule has 0 aromatic heterocycles. The topological polar surface area (TPSA) is 113 Å². The summed E-state index contributed by atoms with van der Waals surface area (Å²) >= 11 is 11.5. The summed E-state index contributed by atoms with van der Waals surface area (Å²) < 4.78 is 0. The number of rotatable bonds is 5. The fourth-order valence-corrected chi connectivity index (χ4v) is 2.03. The van der Waals surface area contributed by atoms with Crippen molar-refractivity contribution in [1.29, 1.82) is 0 Å². The van der Waals surface area contributed by atoms with Crippen LogP contribution in [-0.2, 0) is 9.59 Å². The molecule has 1 rings (SSSR count). The molecule has 1 aromatic rings. The lowest BCUT2D eigenvalue weighted by Gasteiger charge is -2.19. The first-order valence-corrected chi connectivity index (χ1v) is 6.00. The summed E-state index contributed by atoms with van der Waals surface area (Å²) in [5.74, 6) is -2.03. The zero-order valence-electron chi connectivity index (χ0n) is 9.69. The molecule has 5 N–H and O–H groups in total. The number of benzene rings is 1. The van der Waals surface area contributed by atoms with Gasteiger partial charge in [-0.15, -0.1) is 0 Å². The van der Waals surface area contributed by atoms with E-state index in [9.17, 15) is 14.7 Å². The average Bonchev–Trinajstić information content (AvgIpc) is 2.32. The molecule has 1 atom stereocenters. The number of carboxylic acid groups (broad SMARTS) is 1. The van der Waals surface area contributed by atoms with Crippen LogP contribution < -0.4 is 11.1 Å². The average molecular weight is 307 g/mol. The minimum Gasteiger partial charge on any atom is -0.506 e. The molecule has 104 valence electrons. The lowest BCUT2D eigenvalue weighted by molar-refractivity contribution is -0.137. The Hall–Kier alpha value is -1.50.